The fraction of sp³-hybridized carbons (Fsp3) is 0.824. The molecule has 1 aromatic heterocycles. The number of rotatable bonds is 11. The maximum absolute atomic E-state index is 5.52. The van der Waals surface area contributed by atoms with E-state index in [1.807, 2.05) is 0 Å². The number of nitrogens with zero attached hydrogens (tertiary/aromatic N) is 1. The zero-order valence-corrected chi connectivity index (χ0v) is 15.6. The Morgan fingerprint density at radius 2 is 1.67 bits per heavy atom. The van der Waals surface area contributed by atoms with Crippen LogP contribution < -0.4 is 4.74 Å². The van der Waals surface area contributed by atoms with Gasteiger partial charge in [0, 0.05) is 5.41 Å². The maximum Gasteiger partial charge on any atom is 0.394 e. The third-order valence-electron chi connectivity index (χ3n) is 4.23. The second kappa shape index (κ2) is 9.50. The Hall–Kier alpha value is -0.510. The van der Waals surface area contributed by atoms with Crippen molar-refractivity contribution in [3.05, 3.63) is 10.4 Å². The number of ether oxygens (including phenoxy) is 1. The minimum atomic E-state index is 0.0708. The van der Waals surface area contributed by atoms with Crippen molar-refractivity contribution in [1.82, 2.24) is 4.98 Å². The van der Waals surface area contributed by atoms with Gasteiger partial charge in [-0.15, -0.1) is 0 Å². The lowest BCUT2D eigenvalue weighted by Gasteiger charge is -2.28. The van der Waals surface area contributed by atoms with Crippen molar-refractivity contribution in [2.24, 2.45) is 0 Å². The van der Waals surface area contributed by atoms with Crippen LogP contribution in [0.2, 0.25) is 0 Å². The predicted molar refractivity (Wildman–Crippen MR) is 91.0 cm³/mol. The molecule has 0 N–H and O–H groups in total. The number of methoxy groups -OCH3 is 1. The summed E-state index contributed by atoms with van der Waals surface area (Å²) in [5.74, 6) is 0. The van der Waals surface area contributed by atoms with Gasteiger partial charge in [-0.3, -0.25) is 0 Å². The largest absolute Gasteiger partial charge is 0.453 e. The Morgan fingerprint density at radius 1 is 1.05 bits per heavy atom. The zero-order chi connectivity index (χ0) is 15.7. The fourth-order valence-electron chi connectivity index (χ4n) is 2.79. The number of aromatic nitrogens is 1. The summed E-state index contributed by atoms with van der Waals surface area (Å²) in [6, 6.07) is 0. The number of oxazole rings is 1. The first kappa shape index (κ1) is 18.5. The first-order valence-corrected chi connectivity index (χ1v) is 9.07. The topological polar surface area (TPSA) is 35.3 Å². The number of hydrogen-bond donors (Lipinski definition) is 0. The lowest BCUT2D eigenvalue weighted by Crippen LogP contribution is -2.23. The van der Waals surface area contributed by atoms with Gasteiger partial charge < -0.3 is 9.15 Å². The molecule has 0 aliphatic carbocycles. The molecule has 1 atom stereocenters. The lowest BCUT2D eigenvalue weighted by molar-refractivity contribution is 0.284. The maximum atomic E-state index is 5.52. The van der Waals surface area contributed by atoms with Crippen LogP contribution in [0.25, 0.3) is 0 Å². The molecule has 1 heterocycles. The van der Waals surface area contributed by atoms with Crippen LogP contribution in [0, 0.1) is 0 Å². The highest BCUT2D eigenvalue weighted by Crippen LogP contribution is 2.40. The highest BCUT2D eigenvalue weighted by Gasteiger charge is 2.32. The van der Waals surface area contributed by atoms with E-state index < -0.39 is 0 Å². The van der Waals surface area contributed by atoms with Crippen LogP contribution in [0.3, 0.4) is 0 Å². The van der Waals surface area contributed by atoms with E-state index in [0.717, 1.165) is 23.2 Å². The van der Waals surface area contributed by atoms with Crippen molar-refractivity contribution in [2.45, 2.75) is 84.0 Å². The molecule has 0 saturated heterocycles. The smallest absolute Gasteiger partial charge is 0.394 e. The van der Waals surface area contributed by atoms with E-state index in [1.165, 1.54) is 44.9 Å². The molecule has 0 saturated carbocycles. The van der Waals surface area contributed by atoms with Crippen molar-refractivity contribution in [3.8, 4) is 6.08 Å². The summed E-state index contributed by atoms with van der Waals surface area (Å²) in [5, 5.41) is 0. The molecule has 0 aliphatic rings. The second-order valence-electron chi connectivity index (χ2n) is 6.13. The number of unbranched alkanes of at least 4 members (excludes halogenated alkanes) is 5. The van der Waals surface area contributed by atoms with Gasteiger partial charge in [0.25, 0.3) is 0 Å². The van der Waals surface area contributed by atoms with Gasteiger partial charge in [0.2, 0.25) is 0 Å². The number of halogens is 1. The van der Waals surface area contributed by atoms with Crippen molar-refractivity contribution in [3.63, 3.8) is 0 Å². The molecular formula is C17H30BrNO2. The molecule has 1 aromatic rings. The molecule has 1 rings (SSSR count). The first-order valence-electron chi connectivity index (χ1n) is 8.28. The van der Waals surface area contributed by atoms with Crippen molar-refractivity contribution < 1.29 is 9.15 Å². The molecule has 0 fully saturated rings. The van der Waals surface area contributed by atoms with E-state index >= 15 is 0 Å². The van der Waals surface area contributed by atoms with Gasteiger partial charge in [-0.05, 0) is 28.8 Å². The zero-order valence-electron chi connectivity index (χ0n) is 14.0. The van der Waals surface area contributed by atoms with Gasteiger partial charge in [-0.1, -0.05) is 65.7 Å². The standard InChI is InChI=1S/C17H30BrNO2/c1-5-7-9-10-11-13-17(3,12-8-6-2)14-15(18)21-16(19-14)20-4/h5-13H2,1-4H3. The van der Waals surface area contributed by atoms with Crippen LogP contribution >= 0.6 is 15.9 Å². The molecule has 122 valence electrons. The van der Waals surface area contributed by atoms with E-state index in [-0.39, 0.29) is 5.41 Å². The summed E-state index contributed by atoms with van der Waals surface area (Å²) in [5.41, 5.74) is 1.09. The van der Waals surface area contributed by atoms with Crippen LogP contribution in [0.1, 0.15) is 84.3 Å². The van der Waals surface area contributed by atoms with Gasteiger partial charge in [0.15, 0.2) is 4.67 Å². The molecule has 0 aromatic carbocycles. The lowest BCUT2D eigenvalue weighted by atomic mass is 9.77. The summed E-state index contributed by atoms with van der Waals surface area (Å²) in [6.45, 7) is 6.80. The molecule has 4 heteroatoms. The van der Waals surface area contributed by atoms with Crippen LogP contribution in [0.4, 0.5) is 0 Å². The van der Waals surface area contributed by atoms with Crippen molar-refractivity contribution in [1.29, 1.82) is 0 Å². The Morgan fingerprint density at radius 3 is 2.24 bits per heavy atom. The minimum absolute atomic E-state index is 0.0708. The molecule has 1 unspecified atom stereocenters. The average Bonchev–Trinajstić information content (AvgIpc) is 2.87. The first-order chi connectivity index (χ1) is 10.1. The molecule has 21 heavy (non-hydrogen) atoms. The number of hydrogen-bond acceptors (Lipinski definition) is 3. The Kier molecular flexibility index (Phi) is 8.38. The van der Waals surface area contributed by atoms with E-state index in [0.29, 0.717) is 6.08 Å². The fourth-order valence-corrected chi connectivity index (χ4v) is 3.50. The highest BCUT2D eigenvalue weighted by molar-refractivity contribution is 9.10. The molecule has 0 bridgehead atoms. The summed E-state index contributed by atoms with van der Waals surface area (Å²) < 4.78 is 11.4. The quantitative estimate of drug-likeness (QED) is 0.437. The Balaban J connectivity index is 2.74. The van der Waals surface area contributed by atoms with Gasteiger partial charge in [-0.25, -0.2) is 0 Å². The summed E-state index contributed by atoms with van der Waals surface area (Å²) in [6.07, 6.45) is 11.6. The monoisotopic (exact) mass is 359 g/mol. The van der Waals surface area contributed by atoms with Crippen LogP contribution in [-0.4, -0.2) is 12.1 Å². The third-order valence-corrected chi connectivity index (χ3v) is 4.76. The van der Waals surface area contributed by atoms with Gasteiger partial charge in [0.1, 0.15) is 5.69 Å². The molecule has 0 amide bonds. The molecular weight excluding hydrogens is 330 g/mol. The van der Waals surface area contributed by atoms with Gasteiger partial charge in [-0.2, -0.15) is 4.98 Å². The summed E-state index contributed by atoms with van der Waals surface area (Å²) >= 11 is 3.51. The Bertz CT molecular complexity index is 405. The predicted octanol–water partition coefficient (Wildman–Crippen LogP) is 6.25. The van der Waals surface area contributed by atoms with Gasteiger partial charge >= 0.3 is 6.08 Å². The van der Waals surface area contributed by atoms with Crippen LogP contribution in [0.15, 0.2) is 9.09 Å². The summed E-state index contributed by atoms with van der Waals surface area (Å²) in [7, 11) is 1.59. The SMILES string of the molecule is CCCCCCCC(C)(CCCC)c1nc(OC)oc1Br. The van der Waals surface area contributed by atoms with Gasteiger partial charge in [0.05, 0.1) is 7.11 Å². The minimum Gasteiger partial charge on any atom is -0.453 e. The van der Waals surface area contributed by atoms with E-state index in [2.05, 4.69) is 41.7 Å². The van der Waals surface area contributed by atoms with Crippen LogP contribution in [-0.2, 0) is 5.41 Å². The van der Waals surface area contributed by atoms with Crippen LogP contribution in [0.5, 0.6) is 6.08 Å². The van der Waals surface area contributed by atoms with Crippen molar-refractivity contribution in [2.75, 3.05) is 7.11 Å². The Labute approximate surface area is 138 Å². The van der Waals surface area contributed by atoms with E-state index in [9.17, 15) is 0 Å². The molecule has 0 radical (unpaired) electrons. The normalized spacial score (nSPS) is 14.1. The summed E-state index contributed by atoms with van der Waals surface area (Å²) in [4.78, 5) is 4.53. The third kappa shape index (κ3) is 5.65. The molecule has 0 aliphatic heterocycles. The molecule has 3 nitrogen and oxygen atoms in total. The van der Waals surface area contributed by atoms with E-state index in [4.69, 9.17) is 9.15 Å². The highest BCUT2D eigenvalue weighted by atomic mass is 79.9. The van der Waals surface area contributed by atoms with E-state index in [1.54, 1.807) is 7.11 Å². The van der Waals surface area contributed by atoms with Crippen molar-refractivity contribution >= 4 is 15.9 Å². The molecule has 0 spiro atoms. The second-order valence-corrected chi connectivity index (χ2v) is 6.85. The average molecular weight is 360 g/mol.